The summed E-state index contributed by atoms with van der Waals surface area (Å²) < 4.78 is 5.78. The van der Waals surface area contributed by atoms with E-state index in [1.54, 1.807) is 12.4 Å². The minimum Gasteiger partial charge on any atom is -0.465 e. The van der Waals surface area contributed by atoms with E-state index in [0.29, 0.717) is 12.3 Å². The summed E-state index contributed by atoms with van der Waals surface area (Å²) in [5.74, 6) is 2.71. The van der Waals surface area contributed by atoms with Crippen LogP contribution in [0.3, 0.4) is 0 Å². The Kier molecular flexibility index (Phi) is 5.25. The molecule has 0 aliphatic carbocycles. The summed E-state index contributed by atoms with van der Waals surface area (Å²) in [7, 11) is 4.26. The maximum atomic E-state index is 12.9. The Morgan fingerprint density at radius 3 is 2.82 bits per heavy atom. The molecule has 2 aliphatic heterocycles. The smallest absolute Gasteiger partial charge is 0.227 e. The number of rotatable bonds is 6. The maximum absolute atomic E-state index is 12.9. The number of likely N-dealkylation sites (tertiary alicyclic amines) is 2. The molecule has 0 bridgehead atoms. The first-order valence-corrected chi connectivity index (χ1v) is 10.0. The van der Waals surface area contributed by atoms with Gasteiger partial charge in [0.25, 0.3) is 0 Å². The number of furan rings is 1. The van der Waals surface area contributed by atoms with E-state index in [1.165, 1.54) is 0 Å². The van der Waals surface area contributed by atoms with Crippen molar-refractivity contribution in [2.24, 2.45) is 11.3 Å². The molecule has 0 spiro atoms. The molecule has 4 heterocycles. The second-order valence-corrected chi connectivity index (χ2v) is 8.79. The van der Waals surface area contributed by atoms with Gasteiger partial charge in [-0.25, -0.2) is 0 Å². The molecule has 2 atom stereocenters. The SMILES string of the molecule is Cc1ccc(CN2CC3CN(C(=O)Cc4cccnc4)CC3(CN(C)C)C2)o1. The number of hydrogen-bond acceptors (Lipinski definition) is 5. The molecule has 2 unspecified atom stereocenters. The lowest BCUT2D eigenvalue weighted by Gasteiger charge is -2.32. The molecule has 1 amide bonds. The van der Waals surface area contributed by atoms with E-state index in [0.717, 1.165) is 56.4 Å². The summed E-state index contributed by atoms with van der Waals surface area (Å²) in [6.07, 6.45) is 3.97. The summed E-state index contributed by atoms with van der Waals surface area (Å²) in [5.41, 5.74) is 1.12. The summed E-state index contributed by atoms with van der Waals surface area (Å²) in [6.45, 7) is 7.55. The first kappa shape index (κ1) is 19.2. The lowest BCUT2D eigenvalue weighted by atomic mass is 9.80. The molecule has 2 aliphatic rings. The number of fused-ring (bicyclic) bond motifs is 1. The minimum atomic E-state index is 0.135. The van der Waals surface area contributed by atoms with E-state index in [-0.39, 0.29) is 11.3 Å². The van der Waals surface area contributed by atoms with E-state index >= 15 is 0 Å². The van der Waals surface area contributed by atoms with Gasteiger partial charge in [0.15, 0.2) is 0 Å². The average molecular weight is 383 g/mol. The number of aryl methyl sites for hydroxylation is 1. The standard InChI is InChI=1S/C22H30N4O2/c1-17-6-7-20(28-17)13-25-11-19-12-26(16-22(19,15-25)14-24(2)3)21(27)9-18-5-4-8-23-10-18/h4-8,10,19H,9,11-16H2,1-3H3. The number of carbonyl (C=O) groups excluding carboxylic acids is 1. The third kappa shape index (κ3) is 3.98. The number of hydrogen-bond donors (Lipinski definition) is 0. The second-order valence-electron chi connectivity index (χ2n) is 8.79. The highest BCUT2D eigenvalue weighted by Crippen LogP contribution is 2.43. The Morgan fingerprint density at radius 1 is 1.29 bits per heavy atom. The zero-order chi connectivity index (χ0) is 19.7. The molecule has 6 heteroatoms. The highest BCUT2D eigenvalue weighted by atomic mass is 16.3. The van der Waals surface area contributed by atoms with Crippen LogP contribution in [0.4, 0.5) is 0 Å². The van der Waals surface area contributed by atoms with Gasteiger partial charge in [-0.2, -0.15) is 0 Å². The first-order valence-electron chi connectivity index (χ1n) is 10.0. The van der Waals surface area contributed by atoms with Gasteiger partial charge < -0.3 is 14.2 Å². The molecule has 0 aromatic carbocycles. The van der Waals surface area contributed by atoms with Gasteiger partial charge in [0.2, 0.25) is 5.91 Å². The van der Waals surface area contributed by atoms with Crippen molar-refractivity contribution in [3.05, 3.63) is 53.7 Å². The van der Waals surface area contributed by atoms with Gasteiger partial charge in [-0.15, -0.1) is 0 Å². The Bertz CT molecular complexity index is 819. The van der Waals surface area contributed by atoms with Gasteiger partial charge in [-0.05, 0) is 50.7 Å². The molecule has 0 saturated carbocycles. The summed E-state index contributed by atoms with van der Waals surface area (Å²) in [6, 6.07) is 7.97. The van der Waals surface area contributed by atoms with Crippen molar-refractivity contribution in [1.29, 1.82) is 0 Å². The second kappa shape index (κ2) is 7.68. The van der Waals surface area contributed by atoms with Crippen molar-refractivity contribution in [2.75, 3.05) is 46.8 Å². The third-order valence-electron chi connectivity index (χ3n) is 6.07. The van der Waals surface area contributed by atoms with Crippen molar-refractivity contribution < 1.29 is 9.21 Å². The van der Waals surface area contributed by atoms with Crippen molar-refractivity contribution in [3.63, 3.8) is 0 Å². The fourth-order valence-corrected chi connectivity index (χ4v) is 5.03. The summed E-state index contributed by atoms with van der Waals surface area (Å²) in [5, 5.41) is 0. The van der Waals surface area contributed by atoms with Crippen LogP contribution in [0.15, 0.2) is 41.1 Å². The predicted octanol–water partition coefficient (Wildman–Crippen LogP) is 2.05. The zero-order valence-corrected chi connectivity index (χ0v) is 17.1. The Morgan fingerprint density at radius 2 is 2.14 bits per heavy atom. The van der Waals surface area contributed by atoms with E-state index in [2.05, 4.69) is 39.8 Å². The number of carbonyl (C=O) groups is 1. The molecule has 28 heavy (non-hydrogen) atoms. The van der Waals surface area contributed by atoms with E-state index < -0.39 is 0 Å². The summed E-state index contributed by atoms with van der Waals surface area (Å²) >= 11 is 0. The highest BCUT2D eigenvalue weighted by molar-refractivity contribution is 5.79. The molecule has 2 aromatic rings. The van der Waals surface area contributed by atoms with Crippen LogP contribution in [0.25, 0.3) is 0 Å². The Labute approximate surface area is 167 Å². The third-order valence-corrected chi connectivity index (χ3v) is 6.07. The molecular weight excluding hydrogens is 352 g/mol. The number of nitrogens with zero attached hydrogens (tertiary/aromatic N) is 4. The van der Waals surface area contributed by atoms with Gasteiger partial charge in [-0.3, -0.25) is 14.7 Å². The topological polar surface area (TPSA) is 52.8 Å². The lowest BCUT2D eigenvalue weighted by molar-refractivity contribution is -0.130. The molecule has 0 N–H and O–H groups in total. The molecular formula is C22H30N4O2. The number of pyridine rings is 1. The lowest BCUT2D eigenvalue weighted by Crippen LogP contribution is -2.43. The molecule has 2 saturated heterocycles. The molecule has 0 radical (unpaired) electrons. The van der Waals surface area contributed by atoms with Crippen LogP contribution in [0.5, 0.6) is 0 Å². The van der Waals surface area contributed by atoms with Crippen LogP contribution in [0.1, 0.15) is 17.1 Å². The van der Waals surface area contributed by atoms with E-state index in [1.807, 2.05) is 25.1 Å². The van der Waals surface area contributed by atoms with Gasteiger partial charge in [-0.1, -0.05) is 6.07 Å². The summed E-state index contributed by atoms with van der Waals surface area (Å²) in [4.78, 5) is 23.9. The van der Waals surface area contributed by atoms with Crippen molar-refractivity contribution in [3.8, 4) is 0 Å². The number of aromatic nitrogens is 1. The fourth-order valence-electron chi connectivity index (χ4n) is 5.03. The average Bonchev–Trinajstić information content (AvgIpc) is 3.27. The zero-order valence-electron chi connectivity index (χ0n) is 17.1. The van der Waals surface area contributed by atoms with Crippen LogP contribution < -0.4 is 0 Å². The van der Waals surface area contributed by atoms with Crippen molar-refractivity contribution in [1.82, 2.24) is 19.7 Å². The molecule has 6 nitrogen and oxygen atoms in total. The quantitative estimate of drug-likeness (QED) is 0.765. The maximum Gasteiger partial charge on any atom is 0.227 e. The highest BCUT2D eigenvalue weighted by Gasteiger charge is 2.53. The van der Waals surface area contributed by atoms with Crippen molar-refractivity contribution in [2.45, 2.75) is 19.9 Å². The Balaban J connectivity index is 1.44. The van der Waals surface area contributed by atoms with Crippen molar-refractivity contribution >= 4 is 5.91 Å². The first-order chi connectivity index (χ1) is 13.4. The van der Waals surface area contributed by atoms with Gasteiger partial charge in [0, 0.05) is 50.5 Å². The number of amides is 1. The largest absolute Gasteiger partial charge is 0.465 e. The monoisotopic (exact) mass is 382 g/mol. The van der Waals surface area contributed by atoms with Crippen LogP contribution in [-0.4, -0.2) is 72.4 Å². The van der Waals surface area contributed by atoms with E-state index in [9.17, 15) is 4.79 Å². The van der Waals surface area contributed by atoms with E-state index in [4.69, 9.17) is 4.42 Å². The van der Waals surface area contributed by atoms with Crippen LogP contribution >= 0.6 is 0 Å². The van der Waals surface area contributed by atoms with Gasteiger partial charge in [0.05, 0.1) is 13.0 Å². The molecule has 2 aromatic heterocycles. The Hall–Kier alpha value is -2.18. The van der Waals surface area contributed by atoms with Crippen LogP contribution in [-0.2, 0) is 17.8 Å². The fraction of sp³-hybridized carbons (Fsp3) is 0.545. The normalized spacial score (nSPS) is 24.9. The van der Waals surface area contributed by atoms with Crippen LogP contribution in [0.2, 0.25) is 0 Å². The molecule has 2 fully saturated rings. The molecule has 4 rings (SSSR count). The predicted molar refractivity (Wildman–Crippen MR) is 108 cm³/mol. The van der Waals surface area contributed by atoms with Crippen LogP contribution in [0, 0.1) is 18.3 Å². The van der Waals surface area contributed by atoms with Gasteiger partial charge in [0.1, 0.15) is 11.5 Å². The van der Waals surface area contributed by atoms with Gasteiger partial charge >= 0.3 is 0 Å². The minimum absolute atomic E-state index is 0.135. The molecule has 150 valence electrons.